The highest BCUT2D eigenvalue weighted by Gasteiger charge is 2.42. The first kappa shape index (κ1) is 10.2. The Labute approximate surface area is 100 Å². The van der Waals surface area contributed by atoms with Gasteiger partial charge in [0.25, 0.3) is 0 Å². The molecule has 0 bridgehead atoms. The maximum absolute atomic E-state index is 5.85. The molecule has 16 heavy (non-hydrogen) atoms. The summed E-state index contributed by atoms with van der Waals surface area (Å²) in [7, 11) is 0. The number of nitrogen functional groups attached to an aromatic ring is 1. The van der Waals surface area contributed by atoms with E-state index in [1.807, 2.05) is 17.8 Å². The molecule has 0 aliphatic carbocycles. The highest BCUT2D eigenvalue weighted by molar-refractivity contribution is 8.00. The summed E-state index contributed by atoms with van der Waals surface area (Å²) in [5.41, 5.74) is 8.30. The van der Waals surface area contributed by atoms with Crippen LogP contribution in [0.15, 0.2) is 35.2 Å². The van der Waals surface area contributed by atoms with Crippen molar-refractivity contribution in [2.75, 3.05) is 18.8 Å². The minimum atomic E-state index is 0.164. The quantitative estimate of drug-likeness (QED) is 0.532. The van der Waals surface area contributed by atoms with Crippen LogP contribution in [0, 0.1) is 0 Å². The third kappa shape index (κ3) is 1.39. The fourth-order valence-electron chi connectivity index (χ4n) is 2.58. The zero-order valence-electron chi connectivity index (χ0n) is 9.36. The molecule has 2 nitrogen and oxygen atoms in total. The van der Waals surface area contributed by atoms with Crippen molar-refractivity contribution >= 4 is 17.4 Å². The number of allylic oxidation sites excluding steroid dienone is 1. The Hall–Kier alpha value is -0.930. The summed E-state index contributed by atoms with van der Waals surface area (Å²) >= 11 is 1.95. The minimum absolute atomic E-state index is 0.164. The number of rotatable bonds is 0. The van der Waals surface area contributed by atoms with Crippen molar-refractivity contribution < 1.29 is 0 Å². The van der Waals surface area contributed by atoms with Gasteiger partial charge in [0.15, 0.2) is 0 Å². The Kier molecular flexibility index (Phi) is 2.26. The lowest BCUT2D eigenvalue weighted by Crippen LogP contribution is -2.34. The molecule has 0 amide bonds. The van der Waals surface area contributed by atoms with Gasteiger partial charge in [0.2, 0.25) is 0 Å². The minimum Gasteiger partial charge on any atom is -0.399 e. The fraction of sp³-hybridized carbons (Fsp3) is 0.385. The van der Waals surface area contributed by atoms with E-state index in [-0.39, 0.29) is 5.41 Å². The number of nitrogens with two attached hydrogens (primary N) is 1. The third-order valence-corrected chi connectivity index (χ3v) is 5.11. The van der Waals surface area contributed by atoms with Crippen LogP contribution in [0.5, 0.6) is 0 Å². The molecule has 1 aromatic carbocycles. The molecule has 2 heterocycles. The molecule has 0 spiro atoms. The van der Waals surface area contributed by atoms with Crippen molar-refractivity contribution in [3.8, 4) is 0 Å². The smallest absolute Gasteiger partial charge is 0.0349 e. The molecule has 3 rings (SSSR count). The van der Waals surface area contributed by atoms with E-state index in [0.717, 1.165) is 18.8 Å². The van der Waals surface area contributed by atoms with Crippen LogP contribution in [-0.2, 0) is 5.41 Å². The van der Waals surface area contributed by atoms with E-state index in [1.165, 1.54) is 10.5 Å². The third-order valence-electron chi connectivity index (χ3n) is 3.58. The Balaban J connectivity index is 2.13. The van der Waals surface area contributed by atoms with Gasteiger partial charge in [-0.25, -0.2) is 0 Å². The van der Waals surface area contributed by atoms with Gasteiger partial charge in [-0.15, -0.1) is 11.8 Å². The van der Waals surface area contributed by atoms with Crippen LogP contribution in [0.25, 0.3) is 0 Å². The first-order valence-electron chi connectivity index (χ1n) is 5.65. The number of hydrogen-bond acceptors (Lipinski definition) is 3. The van der Waals surface area contributed by atoms with E-state index in [4.69, 9.17) is 5.73 Å². The van der Waals surface area contributed by atoms with E-state index in [9.17, 15) is 0 Å². The highest BCUT2D eigenvalue weighted by atomic mass is 32.2. The van der Waals surface area contributed by atoms with Gasteiger partial charge in [0.1, 0.15) is 0 Å². The first-order valence-corrected chi connectivity index (χ1v) is 6.53. The summed E-state index contributed by atoms with van der Waals surface area (Å²) in [5.74, 6) is 0. The summed E-state index contributed by atoms with van der Waals surface area (Å²) in [5, 5.41) is 4.04. The Morgan fingerprint density at radius 1 is 1.50 bits per heavy atom. The SMILES string of the molecule is CC12C=CCNCC1Sc1cc(N)ccc12. The molecule has 2 unspecified atom stereocenters. The van der Waals surface area contributed by atoms with Gasteiger partial charge in [-0.05, 0) is 17.7 Å². The average Bonchev–Trinajstić information content (AvgIpc) is 2.41. The van der Waals surface area contributed by atoms with Crippen LogP contribution in [0.3, 0.4) is 0 Å². The second-order valence-electron chi connectivity index (χ2n) is 4.71. The van der Waals surface area contributed by atoms with Crippen molar-refractivity contribution in [3.05, 3.63) is 35.9 Å². The monoisotopic (exact) mass is 232 g/mol. The van der Waals surface area contributed by atoms with Crippen LogP contribution in [-0.4, -0.2) is 18.3 Å². The summed E-state index contributed by atoms with van der Waals surface area (Å²) in [6.45, 7) is 4.37. The standard InChI is InChI=1S/C13H16N2S/c1-13-5-2-6-15-8-12(13)16-11-7-9(14)3-4-10(11)13/h2-5,7,12,15H,6,8,14H2,1H3. The highest BCUT2D eigenvalue weighted by Crippen LogP contribution is 2.50. The topological polar surface area (TPSA) is 38.0 Å². The number of thioether (sulfide) groups is 1. The molecule has 3 heteroatoms. The van der Waals surface area contributed by atoms with Crippen molar-refractivity contribution in [1.29, 1.82) is 0 Å². The Morgan fingerprint density at radius 2 is 2.38 bits per heavy atom. The van der Waals surface area contributed by atoms with E-state index in [1.54, 1.807) is 0 Å². The molecule has 0 fully saturated rings. The number of benzene rings is 1. The molecule has 1 aromatic rings. The van der Waals surface area contributed by atoms with Crippen molar-refractivity contribution in [3.63, 3.8) is 0 Å². The zero-order valence-corrected chi connectivity index (χ0v) is 10.2. The van der Waals surface area contributed by atoms with Gasteiger partial charge in [-0.1, -0.05) is 25.1 Å². The maximum atomic E-state index is 5.85. The zero-order chi connectivity index (χ0) is 11.2. The van der Waals surface area contributed by atoms with Gasteiger partial charge in [0, 0.05) is 34.3 Å². The summed E-state index contributed by atoms with van der Waals surface area (Å²) in [4.78, 5) is 1.35. The van der Waals surface area contributed by atoms with Crippen molar-refractivity contribution in [1.82, 2.24) is 5.32 Å². The van der Waals surface area contributed by atoms with Crippen molar-refractivity contribution in [2.45, 2.75) is 22.5 Å². The van der Waals surface area contributed by atoms with E-state index in [0.29, 0.717) is 5.25 Å². The lowest BCUT2D eigenvalue weighted by atomic mass is 9.79. The lowest BCUT2D eigenvalue weighted by Gasteiger charge is -2.27. The first-order chi connectivity index (χ1) is 7.70. The summed E-state index contributed by atoms with van der Waals surface area (Å²) in [6.07, 6.45) is 4.60. The van der Waals surface area contributed by atoms with Crippen LogP contribution < -0.4 is 11.1 Å². The number of hydrogen-bond donors (Lipinski definition) is 2. The number of nitrogens with one attached hydrogen (secondary N) is 1. The maximum Gasteiger partial charge on any atom is 0.0349 e. The average molecular weight is 232 g/mol. The van der Waals surface area contributed by atoms with Crippen LogP contribution in [0.2, 0.25) is 0 Å². The Bertz CT molecular complexity index is 455. The number of anilines is 1. The van der Waals surface area contributed by atoms with Gasteiger partial charge in [0.05, 0.1) is 0 Å². The predicted octanol–water partition coefficient (Wildman–Crippen LogP) is 2.16. The molecule has 2 aliphatic rings. The van der Waals surface area contributed by atoms with Gasteiger partial charge in [-0.3, -0.25) is 0 Å². The fourth-order valence-corrected chi connectivity index (χ4v) is 4.16. The van der Waals surface area contributed by atoms with E-state index >= 15 is 0 Å². The molecule has 0 saturated heterocycles. The molecule has 0 saturated carbocycles. The molecule has 3 N–H and O–H groups in total. The van der Waals surface area contributed by atoms with E-state index < -0.39 is 0 Å². The molecule has 2 aliphatic heterocycles. The van der Waals surface area contributed by atoms with Crippen molar-refractivity contribution in [2.24, 2.45) is 0 Å². The second-order valence-corrected chi connectivity index (χ2v) is 5.95. The van der Waals surface area contributed by atoms with Crippen LogP contribution in [0.4, 0.5) is 5.69 Å². The summed E-state index contributed by atoms with van der Waals surface area (Å²) in [6, 6.07) is 6.31. The molecular weight excluding hydrogens is 216 g/mol. The van der Waals surface area contributed by atoms with Crippen LogP contribution >= 0.6 is 11.8 Å². The largest absolute Gasteiger partial charge is 0.399 e. The van der Waals surface area contributed by atoms with Gasteiger partial charge < -0.3 is 11.1 Å². The second kappa shape index (κ2) is 3.54. The molecule has 0 radical (unpaired) electrons. The summed E-state index contributed by atoms with van der Waals surface area (Å²) < 4.78 is 0. The Morgan fingerprint density at radius 3 is 3.25 bits per heavy atom. The van der Waals surface area contributed by atoms with Gasteiger partial charge >= 0.3 is 0 Å². The van der Waals surface area contributed by atoms with E-state index in [2.05, 4.69) is 36.5 Å². The lowest BCUT2D eigenvalue weighted by molar-refractivity contribution is 0.554. The predicted molar refractivity (Wildman–Crippen MR) is 69.9 cm³/mol. The molecule has 2 atom stereocenters. The van der Waals surface area contributed by atoms with Crippen LogP contribution in [0.1, 0.15) is 12.5 Å². The van der Waals surface area contributed by atoms with Gasteiger partial charge in [-0.2, -0.15) is 0 Å². The number of fused-ring (bicyclic) bond motifs is 3. The molecular formula is C13H16N2S. The normalized spacial score (nSPS) is 31.9. The molecule has 84 valence electrons. The molecule has 0 aromatic heterocycles.